The number of halogens is 1. The van der Waals surface area contributed by atoms with Gasteiger partial charge in [0.1, 0.15) is 23.3 Å². The van der Waals surface area contributed by atoms with Crippen LogP contribution < -0.4 is 14.9 Å². The Hall–Kier alpha value is -3.38. The Morgan fingerprint density at radius 1 is 0.938 bits per heavy atom. The molecule has 0 fully saturated rings. The summed E-state index contributed by atoms with van der Waals surface area (Å²) in [5, 5.41) is 0.330. The van der Waals surface area contributed by atoms with Crippen molar-refractivity contribution in [1.29, 1.82) is 0 Å². The summed E-state index contributed by atoms with van der Waals surface area (Å²) < 4.78 is 17.5. The Morgan fingerprint density at radius 2 is 1.66 bits per heavy atom. The van der Waals surface area contributed by atoms with Crippen molar-refractivity contribution in [2.45, 2.75) is 26.2 Å². The number of benzene rings is 3. The van der Waals surface area contributed by atoms with Crippen molar-refractivity contribution in [3.63, 3.8) is 0 Å². The molecule has 1 aromatic heterocycles. The highest BCUT2D eigenvalue weighted by molar-refractivity contribution is 9.10. The van der Waals surface area contributed by atoms with E-state index in [4.69, 9.17) is 13.9 Å². The maximum atomic E-state index is 12.9. The molecular formula is C26H21BrO5. The van der Waals surface area contributed by atoms with E-state index in [0.717, 1.165) is 4.47 Å². The van der Waals surface area contributed by atoms with Crippen LogP contribution in [0.4, 0.5) is 0 Å². The van der Waals surface area contributed by atoms with E-state index < -0.39 is 5.97 Å². The molecule has 0 aliphatic heterocycles. The minimum atomic E-state index is -0.508. The van der Waals surface area contributed by atoms with E-state index in [1.165, 1.54) is 17.9 Å². The van der Waals surface area contributed by atoms with Gasteiger partial charge in [-0.25, -0.2) is 4.79 Å². The number of rotatable bonds is 4. The average Bonchev–Trinajstić information content (AvgIpc) is 2.75. The van der Waals surface area contributed by atoms with E-state index in [1.54, 1.807) is 30.3 Å². The summed E-state index contributed by atoms with van der Waals surface area (Å²) in [6.07, 6.45) is 1.27. The molecule has 0 saturated heterocycles. The zero-order valence-electron chi connectivity index (χ0n) is 17.8. The van der Waals surface area contributed by atoms with Gasteiger partial charge in [-0.3, -0.25) is 4.79 Å². The van der Waals surface area contributed by atoms with Crippen LogP contribution in [0.15, 0.2) is 86.7 Å². The molecule has 32 heavy (non-hydrogen) atoms. The summed E-state index contributed by atoms with van der Waals surface area (Å²) in [6.45, 7) is 6.39. The first kappa shape index (κ1) is 21.8. The lowest BCUT2D eigenvalue weighted by atomic mass is 9.87. The number of carbonyl (C=O) groups is 1. The Labute approximate surface area is 193 Å². The van der Waals surface area contributed by atoms with Crippen LogP contribution in [0.5, 0.6) is 17.2 Å². The van der Waals surface area contributed by atoms with Crippen LogP contribution in [-0.2, 0) is 5.41 Å². The third kappa shape index (κ3) is 4.75. The number of ether oxygens (including phenoxy) is 2. The molecule has 0 bridgehead atoms. The van der Waals surface area contributed by atoms with Gasteiger partial charge in [-0.1, -0.05) is 54.9 Å². The van der Waals surface area contributed by atoms with Crippen molar-refractivity contribution >= 4 is 32.9 Å². The first-order valence-corrected chi connectivity index (χ1v) is 10.8. The van der Waals surface area contributed by atoms with Gasteiger partial charge < -0.3 is 13.9 Å². The van der Waals surface area contributed by atoms with Gasteiger partial charge in [0.05, 0.1) is 10.9 Å². The summed E-state index contributed by atoms with van der Waals surface area (Å²) in [6, 6.07) is 19.1. The van der Waals surface area contributed by atoms with E-state index in [0.29, 0.717) is 22.3 Å². The molecule has 0 spiro atoms. The number of carbonyl (C=O) groups excluding carboxylic acids is 1. The topological polar surface area (TPSA) is 65.7 Å². The van der Waals surface area contributed by atoms with Crippen molar-refractivity contribution in [3.05, 3.63) is 98.8 Å². The van der Waals surface area contributed by atoms with Crippen LogP contribution in [0.2, 0.25) is 0 Å². The summed E-state index contributed by atoms with van der Waals surface area (Å²) in [5.74, 6) is 0.396. The van der Waals surface area contributed by atoms with E-state index in [9.17, 15) is 9.59 Å². The Morgan fingerprint density at radius 3 is 2.34 bits per heavy atom. The van der Waals surface area contributed by atoms with Crippen molar-refractivity contribution in [2.24, 2.45) is 0 Å². The van der Waals surface area contributed by atoms with Gasteiger partial charge in [0.25, 0.3) is 0 Å². The van der Waals surface area contributed by atoms with E-state index in [1.807, 2.05) is 30.3 Å². The quantitative estimate of drug-likeness (QED) is 0.230. The number of fused-ring (bicyclic) bond motifs is 1. The fraction of sp³-hybridized carbons (Fsp3) is 0.154. The molecule has 0 radical (unpaired) electrons. The first-order chi connectivity index (χ1) is 15.2. The Bertz CT molecular complexity index is 1350. The lowest BCUT2D eigenvalue weighted by Gasteiger charge is -2.19. The second-order valence-corrected chi connectivity index (χ2v) is 9.28. The van der Waals surface area contributed by atoms with Gasteiger partial charge in [0.15, 0.2) is 0 Å². The predicted molar refractivity (Wildman–Crippen MR) is 127 cm³/mol. The molecule has 0 aliphatic rings. The zero-order chi connectivity index (χ0) is 22.9. The van der Waals surface area contributed by atoms with Crippen molar-refractivity contribution in [3.8, 4) is 17.2 Å². The Balaban J connectivity index is 1.56. The number of esters is 1. The fourth-order valence-electron chi connectivity index (χ4n) is 3.16. The van der Waals surface area contributed by atoms with Gasteiger partial charge >= 0.3 is 5.97 Å². The molecule has 0 amide bonds. The summed E-state index contributed by atoms with van der Waals surface area (Å²) in [7, 11) is 0. The first-order valence-electron chi connectivity index (χ1n) is 10.0. The lowest BCUT2D eigenvalue weighted by molar-refractivity contribution is 0.0735. The van der Waals surface area contributed by atoms with Crippen LogP contribution in [0.1, 0.15) is 36.7 Å². The Kier molecular flexibility index (Phi) is 5.89. The number of hydrogen-bond acceptors (Lipinski definition) is 5. The van der Waals surface area contributed by atoms with E-state index in [-0.39, 0.29) is 22.3 Å². The molecule has 0 N–H and O–H groups in total. The van der Waals surface area contributed by atoms with Crippen molar-refractivity contribution in [2.75, 3.05) is 0 Å². The smallest absolute Gasteiger partial charge is 0.343 e. The second-order valence-electron chi connectivity index (χ2n) is 8.36. The maximum absolute atomic E-state index is 12.9. The third-order valence-electron chi connectivity index (χ3n) is 4.93. The molecule has 0 aliphatic carbocycles. The minimum absolute atomic E-state index is 0.0265. The summed E-state index contributed by atoms with van der Waals surface area (Å²) in [4.78, 5) is 25.2. The van der Waals surface area contributed by atoms with Crippen LogP contribution in [-0.4, -0.2) is 5.97 Å². The lowest BCUT2D eigenvalue weighted by Crippen LogP contribution is -2.10. The summed E-state index contributed by atoms with van der Waals surface area (Å²) >= 11 is 3.33. The average molecular weight is 493 g/mol. The molecule has 0 atom stereocenters. The van der Waals surface area contributed by atoms with Crippen LogP contribution >= 0.6 is 15.9 Å². The molecule has 6 heteroatoms. The maximum Gasteiger partial charge on any atom is 0.343 e. The number of hydrogen-bond donors (Lipinski definition) is 0. The van der Waals surface area contributed by atoms with Crippen molar-refractivity contribution in [1.82, 2.24) is 0 Å². The molecule has 1 heterocycles. The van der Waals surface area contributed by atoms with Gasteiger partial charge in [0.2, 0.25) is 11.2 Å². The third-order valence-corrected chi connectivity index (χ3v) is 5.43. The zero-order valence-corrected chi connectivity index (χ0v) is 19.4. The normalized spacial score (nSPS) is 11.4. The van der Waals surface area contributed by atoms with Gasteiger partial charge in [-0.2, -0.15) is 0 Å². The second kappa shape index (κ2) is 8.63. The highest BCUT2D eigenvalue weighted by Crippen LogP contribution is 2.27. The van der Waals surface area contributed by atoms with E-state index >= 15 is 0 Å². The molecule has 0 unspecified atom stereocenters. The minimum Gasteiger partial charge on any atom is -0.460 e. The van der Waals surface area contributed by atoms with Gasteiger partial charge in [-0.15, -0.1) is 0 Å². The van der Waals surface area contributed by atoms with Gasteiger partial charge in [-0.05, 0) is 53.4 Å². The molecular weight excluding hydrogens is 472 g/mol. The van der Waals surface area contributed by atoms with Gasteiger partial charge in [0, 0.05) is 10.5 Å². The molecule has 3 aromatic carbocycles. The largest absolute Gasteiger partial charge is 0.460 e. The highest BCUT2D eigenvalue weighted by atomic mass is 79.9. The molecule has 4 rings (SSSR count). The molecule has 0 saturated carbocycles. The predicted octanol–water partition coefficient (Wildman–Crippen LogP) is 6.86. The molecule has 162 valence electrons. The fourth-order valence-corrected chi connectivity index (χ4v) is 3.56. The monoisotopic (exact) mass is 492 g/mol. The SMILES string of the molecule is CC(C)(C)c1ccc(Oc2coc3cc(OC(=O)c4cccc(Br)c4)ccc3c2=O)cc1. The van der Waals surface area contributed by atoms with Crippen molar-refractivity contribution < 1.29 is 18.7 Å². The molecule has 4 aromatic rings. The van der Waals surface area contributed by atoms with Crippen LogP contribution in [0.25, 0.3) is 11.0 Å². The molecule has 5 nitrogen and oxygen atoms in total. The summed E-state index contributed by atoms with van der Waals surface area (Å²) in [5.41, 5.74) is 1.59. The van der Waals surface area contributed by atoms with Crippen LogP contribution in [0, 0.1) is 0 Å². The standard InChI is InChI=1S/C26H21BrO5/c1-26(2,3)17-7-9-19(10-8-17)31-23-15-30-22-14-20(11-12-21(22)24(23)28)32-25(29)16-5-4-6-18(27)13-16/h4-15H,1-3H3. The van der Waals surface area contributed by atoms with Crippen LogP contribution in [0.3, 0.4) is 0 Å². The van der Waals surface area contributed by atoms with E-state index in [2.05, 4.69) is 36.7 Å². The highest BCUT2D eigenvalue weighted by Gasteiger charge is 2.15.